The zero-order chi connectivity index (χ0) is 13.5. The lowest BCUT2D eigenvalue weighted by Gasteiger charge is -2.21. The van der Waals surface area contributed by atoms with E-state index in [2.05, 4.69) is 6.92 Å². The highest BCUT2D eigenvalue weighted by atomic mass is 35.5. The molecule has 1 aromatic carbocycles. The lowest BCUT2D eigenvalue weighted by molar-refractivity contribution is -0.138. The van der Waals surface area contributed by atoms with Crippen molar-refractivity contribution >= 4 is 17.6 Å². The van der Waals surface area contributed by atoms with E-state index in [0.29, 0.717) is 6.54 Å². The van der Waals surface area contributed by atoms with Gasteiger partial charge in [-0.2, -0.15) is 0 Å². The number of benzene rings is 1. The van der Waals surface area contributed by atoms with Gasteiger partial charge in [0.05, 0.1) is 6.54 Å². The summed E-state index contributed by atoms with van der Waals surface area (Å²) >= 11 is 6.21. The Balaban J connectivity index is 2.88. The molecule has 0 aliphatic heterocycles. The zero-order valence-corrected chi connectivity index (χ0v) is 11.7. The minimum Gasteiger partial charge on any atom is -0.480 e. The molecule has 0 heterocycles. The third-order valence-corrected chi connectivity index (χ3v) is 3.23. The van der Waals surface area contributed by atoms with Gasteiger partial charge in [-0.3, -0.25) is 9.69 Å². The van der Waals surface area contributed by atoms with Crippen LogP contribution in [0.15, 0.2) is 18.2 Å². The van der Waals surface area contributed by atoms with Gasteiger partial charge in [-0.15, -0.1) is 0 Å². The van der Waals surface area contributed by atoms with Crippen LogP contribution in [0.3, 0.4) is 0 Å². The molecule has 0 aromatic heterocycles. The summed E-state index contributed by atoms with van der Waals surface area (Å²) in [5, 5.41) is 9.63. The van der Waals surface area contributed by atoms with Gasteiger partial charge in [0.25, 0.3) is 0 Å². The number of carbonyl (C=O) groups is 1. The highest BCUT2D eigenvalue weighted by Crippen LogP contribution is 2.22. The number of aryl methyl sites for hydroxylation is 1. The smallest absolute Gasteiger partial charge is 0.317 e. The van der Waals surface area contributed by atoms with E-state index in [0.717, 1.165) is 30.0 Å². The molecule has 0 bridgehead atoms. The Bertz CT molecular complexity index is 407. The van der Waals surface area contributed by atoms with Crippen molar-refractivity contribution in [1.82, 2.24) is 4.90 Å². The fourth-order valence-electron chi connectivity index (χ4n) is 2.06. The quantitative estimate of drug-likeness (QED) is 0.826. The number of halogens is 1. The molecule has 0 fully saturated rings. The van der Waals surface area contributed by atoms with E-state index in [1.807, 2.05) is 30.0 Å². The molecular weight excluding hydrogens is 250 g/mol. The maximum atomic E-state index is 10.8. The van der Waals surface area contributed by atoms with E-state index in [1.165, 1.54) is 5.56 Å². The van der Waals surface area contributed by atoms with Crippen LogP contribution >= 0.6 is 11.6 Å². The van der Waals surface area contributed by atoms with E-state index < -0.39 is 5.97 Å². The largest absolute Gasteiger partial charge is 0.480 e. The first-order valence-corrected chi connectivity index (χ1v) is 6.66. The third kappa shape index (κ3) is 4.31. The van der Waals surface area contributed by atoms with Crippen molar-refractivity contribution in [1.29, 1.82) is 0 Å². The molecule has 100 valence electrons. The van der Waals surface area contributed by atoms with E-state index in [-0.39, 0.29) is 6.54 Å². The third-order valence-electron chi connectivity index (χ3n) is 2.88. The van der Waals surface area contributed by atoms with Crippen molar-refractivity contribution < 1.29 is 9.90 Å². The van der Waals surface area contributed by atoms with Crippen molar-refractivity contribution in [2.45, 2.75) is 33.2 Å². The fourth-order valence-corrected chi connectivity index (χ4v) is 2.31. The normalized spacial score (nSPS) is 10.9. The van der Waals surface area contributed by atoms with Crippen LogP contribution in [0, 0.1) is 0 Å². The van der Waals surface area contributed by atoms with Gasteiger partial charge in [0.15, 0.2) is 0 Å². The topological polar surface area (TPSA) is 40.5 Å². The molecule has 0 aliphatic carbocycles. The molecule has 0 saturated carbocycles. The van der Waals surface area contributed by atoms with Crippen LogP contribution in [0.25, 0.3) is 0 Å². The van der Waals surface area contributed by atoms with Crippen molar-refractivity contribution in [2.24, 2.45) is 0 Å². The molecule has 0 atom stereocenters. The van der Waals surface area contributed by atoms with Crippen LogP contribution in [0.5, 0.6) is 0 Å². The van der Waals surface area contributed by atoms with Crippen LogP contribution in [-0.4, -0.2) is 29.1 Å². The molecule has 0 radical (unpaired) electrons. The summed E-state index contributed by atoms with van der Waals surface area (Å²) in [6.07, 6.45) is 1.84. The Labute approximate surface area is 113 Å². The van der Waals surface area contributed by atoms with Gasteiger partial charge in [-0.25, -0.2) is 0 Å². The molecule has 0 amide bonds. The van der Waals surface area contributed by atoms with Gasteiger partial charge in [-0.05, 0) is 36.6 Å². The number of aliphatic carboxylic acids is 1. The molecule has 3 nitrogen and oxygen atoms in total. The molecule has 1 aromatic rings. The van der Waals surface area contributed by atoms with Crippen LogP contribution in [0.2, 0.25) is 5.02 Å². The summed E-state index contributed by atoms with van der Waals surface area (Å²) in [5.41, 5.74) is 2.24. The minimum absolute atomic E-state index is 0.0578. The average molecular weight is 270 g/mol. The summed E-state index contributed by atoms with van der Waals surface area (Å²) in [7, 11) is 0. The van der Waals surface area contributed by atoms with E-state index in [1.54, 1.807) is 0 Å². The second-order valence-corrected chi connectivity index (χ2v) is 4.74. The number of hydrogen-bond acceptors (Lipinski definition) is 2. The fraction of sp³-hybridized carbons (Fsp3) is 0.500. The van der Waals surface area contributed by atoms with E-state index in [9.17, 15) is 4.79 Å². The second-order valence-electron chi connectivity index (χ2n) is 4.34. The molecule has 1 N–H and O–H groups in total. The lowest BCUT2D eigenvalue weighted by Crippen LogP contribution is -2.30. The van der Waals surface area contributed by atoms with Gasteiger partial charge >= 0.3 is 5.97 Å². The number of nitrogens with zero attached hydrogens (tertiary/aromatic N) is 1. The number of carboxylic acids is 1. The van der Waals surface area contributed by atoms with E-state index in [4.69, 9.17) is 16.7 Å². The molecule has 0 spiro atoms. The Morgan fingerprint density at radius 3 is 2.67 bits per heavy atom. The first-order valence-electron chi connectivity index (χ1n) is 6.28. The summed E-state index contributed by atoms with van der Waals surface area (Å²) < 4.78 is 0. The van der Waals surface area contributed by atoms with Gasteiger partial charge in [0.2, 0.25) is 0 Å². The van der Waals surface area contributed by atoms with E-state index >= 15 is 0 Å². The molecule has 0 unspecified atom stereocenters. The van der Waals surface area contributed by atoms with Crippen LogP contribution in [0.4, 0.5) is 0 Å². The minimum atomic E-state index is -0.798. The highest BCUT2D eigenvalue weighted by molar-refractivity contribution is 6.31. The van der Waals surface area contributed by atoms with Gasteiger partial charge < -0.3 is 5.11 Å². The monoisotopic (exact) mass is 269 g/mol. The van der Waals surface area contributed by atoms with Crippen LogP contribution < -0.4 is 0 Å². The zero-order valence-electron chi connectivity index (χ0n) is 10.9. The molecular formula is C14H20ClNO2. The highest BCUT2D eigenvalue weighted by Gasteiger charge is 2.13. The van der Waals surface area contributed by atoms with Crippen LogP contribution in [0.1, 0.15) is 31.4 Å². The summed E-state index contributed by atoms with van der Waals surface area (Å²) in [6, 6.07) is 5.85. The van der Waals surface area contributed by atoms with Crippen LogP contribution in [-0.2, 0) is 17.8 Å². The molecule has 4 heteroatoms. The van der Waals surface area contributed by atoms with Gasteiger partial charge in [-0.1, -0.05) is 37.6 Å². The Hall–Kier alpha value is -1.06. The standard InChI is InChI=1S/C14H20ClNO2/c1-3-8-16(10-14(17)18)9-12-11(4-2)6-5-7-13(12)15/h5-7H,3-4,8-10H2,1-2H3,(H,17,18). The number of carboxylic acid groups (broad SMARTS) is 1. The maximum absolute atomic E-state index is 10.8. The summed E-state index contributed by atoms with van der Waals surface area (Å²) in [5.74, 6) is -0.798. The van der Waals surface area contributed by atoms with Crippen molar-refractivity contribution in [2.75, 3.05) is 13.1 Å². The molecule has 18 heavy (non-hydrogen) atoms. The maximum Gasteiger partial charge on any atom is 0.317 e. The first-order chi connectivity index (χ1) is 8.58. The van der Waals surface area contributed by atoms with Crippen molar-refractivity contribution in [3.05, 3.63) is 34.3 Å². The van der Waals surface area contributed by atoms with Gasteiger partial charge in [0, 0.05) is 11.6 Å². The number of rotatable bonds is 7. The average Bonchev–Trinajstić information content (AvgIpc) is 2.31. The summed E-state index contributed by atoms with van der Waals surface area (Å²) in [4.78, 5) is 12.8. The molecule has 0 aliphatic rings. The first kappa shape index (κ1) is 15.0. The number of hydrogen-bond donors (Lipinski definition) is 1. The van der Waals surface area contributed by atoms with Gasteiger partial charge in [0.1, 0.15) is 0 Å². The summed E-state index contributed by atoms with van der Waals surface area (Å²) in [6.45, 7) is 5.55. The van der Waals surface area contributed by atoms with Crippen molar-refractivity contribution in [3.63, 3.8) is 0 Å². The predicted octanol–water partition coefficient (Wildman–Crippen LogP) is 3.20. The van der Waals surface area contributed by atoms with Crippen molar-refractivity contribution in [3.8, 4) is 0 Å². The molecule has 0 saturated heterocycles. The Morgan fingerprint density at radius 1 is 1.39 bits per heavy atom. The second kappa shape index (κ2) is 7.39. The Kier molecular flexibility index (Phi) is 6.16. The lowest BCUT2D eigenvalue weighted by atomic mass is 10.0. The predicted molar refractivity (Wildman–Crippen MR) is 74.0 cm³/mol. The molecule has 1 rings (SSSR count). The Morgan fingerprint density at radius 2 is 2.11 bits per heavy atom. The SMILES string of the molecule is CCCN(CC(=O)O)Cc1c(Cl)cccc1CC.